The van der Waals surface area contributed by atoms with Crippen molar-refractivity contribution in [2.24, 2.45) is 5.73 Å². The Morgan fingerprint density at radius 3 is 2.41 bits per heavy atom. The predicted molar refractivity (Wildman–Crippen MR) is 157 cm³/mol. The van der Waals surface area contributed by atoms with Gasteiger partial charge in [0.25, 0.3) is 5.91 Å². The van der Waals surface area contributed by atoms with Crippen LogP contribution in [-0.4, -0.2) is 54.6 Å². The molecule has 1 aliphatic carbocycles. The highest BCUT2D eigenvalue weighted by Gasteiger charge is 2.42. The molecular formula is C33H29F2N7O2. The summed E-state index contributed by atoms with van der Waals surface area (Å²) < 4.78 is 32.6. The van der Waals surface area contributed by atoms with E-state index in [9.17, 15) is 24.8 Å². The summed E-state index contributed by atoms with van der Waals surface area (Å²) in [5.74, 6) is -1.74. The van der Waals surface area contributed by atoms with E-state index in [4.69, 9.17) is 5.73 Å². The second kappa shape index (κ2) is 10.5. The number of fused-ring (bicyclic) bond motifs is 3. The molecule has 3 heterocycles. The van der Waals surface area contributed by atoms with Crippen molar-refractivity contribution in [2.75, 3.05) is 0 Å². The molecule has 3 N–H and O–H groups in total. The molecule has 0 radical (unpaired) electrons. The Morgan fingerprint density at radius 1 is 1.02 bits per heavy atom. The Morgan fingerprint density at radius 2 is 1.77 bits per heavy atom. The molecule has 2 bridgehead atoms. The first-order valence-corrected chi connectivity index (χ1v) is 14.8. The van der Waals surface area contributed by atoms with E-state index in [0.29, 0.717) is 35.1 Å². The number of nitrogens with zero attached hydrogens (tertiary/aromatic N) is 6. The lowest BCUT2D eigenvalue weighted by atomic mass is 9.80. The number of piperidine rings is 1. The molecule has 44 heavy (non-hydrogen) atoms. The van der Waals surface area contributed by atoms with Crippen LogP contribution in [0.4, 0.5) is 8.78 Å². The van der Waals surface area contributed by atoms with Crippen LogP contribution in [0.5, 0.6) is 0 Å². The molecule has 11 heteroatoms. The van der Waals surface area contributed by atoms with Crippen molar-refractivity contribution in [1.29, 1.82) is 10.5 Å². The van der Waals surface area contributed by atoms with Crippen LogP contribution in [0.25, 0.3) is 33.3 Å². The van der Waals surface area contributed by atoms with Gasteiger partial charge in [-0.2, -0.15) is 10.5 Å². The van der Waals surface area contributed by atoms with Crippen molar-refractivity contribution in [3.05, 3.63) is 70.8 Å². The smallest absolute Gasteiger partial charge is 0.254 e. The molecule has 9 nitrogen and oxygen atoms in total. The standard InChI is InChI=1S/C33H29F2N7O2/c34-28-11-18(2-3-20(28)15-36)25-10-19(32(43)42-22-5-6-23(42)13-21(38)12-22)4-7-24(25)26-14-29-31(27(16-37)30(26)35)41(40-39-29)17-33(44)8-1-9-33/h2-4,7,10-11,14,21-23,44H,1,5-6,8-9,12-13,17,38H2. The maximum Gasteiger partial charge on any atom is 0.254 e. The number of benzene rings is 3. The number of rotatable bonds is 5. The van der Waals surface area contributed by atoms with E-state index in [1.54, 1.807) is 30.3 Å². The number of amides is 1. The lowest BCUT2D eigenvalue weighted by molar-refractivity contribution is -0.0492. The molecule has 3 aliphatic rings. The number of hydrogen-bond acceptors (Lipinski definition) is 7. The van der Waals surface area contributed by atoms with Crippen LogP contribution in [0.15, 0.2) is 42.5 Å². The van der Waals surface area contributed by atoms with Gasteiger partial charge >= 0.3 is 0 Å². The van der Waals surface area contributed by atoms with E-state index in [2.05, 4.69) is 10.3 Å². The fourth-order valence-corrected chi connectivity index (χ4v) is 7.17. The van der Waals surface area contributed by atoms with Crippen molar-refractivity contribution in [1.82, 2.24) is 19.9 Å². The number of aromatic nitrogens is 3. The summed E-state index contributed by atoms with van der Waals surface area (Å²) in [5, 5.41) is 38.3. The minimum atomic E-state index is -0.976. The summed E-state index contributed by atoms with van der Waals surface area (Å²) >= 11 is 0. The monoisotopic (exact) mass is 593 g/mol. The normalized spacial score (nSPS) is 22.0. The van der Waals surface area contributed by atoms with Gasteiger partial charge in [-0.05, 0) is 92.0 Å². The third-order valence-corrected chi connectivity index (χ3v) is 9.54. The molecule has 7 rings (SSSR count). The first-order chi connectivity index (χ1) is 21.2. The minimum Gasteiger partial charge on any atom is -0.388 e. The van der Waals surface area contributed by atoms with Crippen LogP contribution in [0, 0.1) is 34.3 Å². The van der Waals surface area contributed by atoms with E-state index in [1.165, 1.54) is 22.9 Å². The topological polar surface area (TPSA) is 145 Å². The SMILES string of the molecule is N#Cc1ccc(-c2cc(C(=O)N3C4CCC3CC(N)C4)ccc2-c2cc3nnn(CC4(O)CCC4)c3c(C#N)c2F)cc1F. The predicted octanol–water partition coefficient (Wildman–Crippen LogP) is 4.80. The van der Waals surface area contributed by atoms with E-state index in [0.717, 1.165) is 32.1 Å². The number of carbonyl (C=O) groups excluding carboxylic acids is 1. The molecular weight excluding hydrogens is 564 g/mol. The number of hydrogen-bond donors (Lipinski definition) is 2. The zero-order chi connectivity index (χ0) is 30.7. The summed E-state index contributed by atoms with van der Waals surface area (Å²) in [4.78, 5) is 15.8. The van der Waals surface area contributed by atoms with Crippen LogP contribution < -0.4 is 5.73 Å². The summed E-state index contributed by atoms with van der Waals surface area (Å²) in [6.45, 7) is 0.0902. The van der Waals surface area contributed by atoms with Gasteiger partial charge in [-0.15, -0.1) is 5.10 Å². The second-order valence-corrected chi connectivity index (χ2v) is 12.3. The summed E-state index contributed by atoms with van der Waals surface area (Å²) in [6.07, 6.45) is 5.27. The van der Waals surface area contributed by atoms with Gasteiger partial charge in [-0.1, -0.05) is 17.3 Å². The fourth-order valence-electron chi connectivity index (χ4n) is 7.17. The number of aliphatic hydroxyl groups is 1. The van der Waals surface area contributed by atoms with Crippen LogP contribution >= 0.6 is 0 Å². The molecule has 3 fully saturated rings. The van der Waals surface area contributed by atoms with Crippen molar-refractivity contribution in [2.45, 2.75) is 75.2 Å². The maximum absolute atomic E-state index is 16.3. The third kappa shape index (κ3) is 4.52. The molecule has 4 aromatic rings. The van der Waals surface area contributed by atoms with Crippen molar-refractivity contribution < 1.29 is 18.7 Å². The van der Waals surface area contributed by atoms with Crippen molar-refractivity contribution >= 4 is 16.9 Å². The molecule has 3 aromatic carbocycles. The molecule has 0 spiro atoms. The minimum absolute atomic E-state index is 0.0336. The molecule has 1 aromatic heterocycles. The van der Waals surface area contributed by atoms with Gasteiger partial charge in [0, 0.05) is 29.3 Å². The summed E-state index contributed by atoms with van der Waals surface area (Å²) in [7, 11) is 0. The summed E-state index contributed by atoms with van der Waals surface area (Å²) in [5.41, 5.74) is 6.68. The number of nitriles is 2. The van der Waals surface area contributed by atoms with Gasteiger partial charge in [0.1, 0.15) is 34.6 Å². The highest BCUT2D eigenvalue weighted by molar-refractivity contribution is 5.99. The Balaban J connectivity index is 1.37. The molecule has 2 saturated heterocycles. The fraction of sp³-hybridized carbons (Fsp3) is 0.364. The van der Waals surface area contributed by atoms with Crippen LogP contribution in [0.3, 0.4) is 0 Å². The van der Waals surface area contributed by atoms with E-state index in [1.807, 2.05) is 11.0 Å². The maximum atomic E-state index is 16.3. The summed E-state index contributed by atoms with van der Waals surface area (Å²) in [6, 6.07) is 14.3. The van der Waals surface area contributed by atoms with E-state index < -0.39 is 17.2 Å². The van der Waals surface area contributed by atoms with Crippen LogP contribution in [0.1, 0.15) is 66.4 Å². The molecule has 2 aliphatic heterocycles. The van der Waals surface area contributed by atoms with Gasteiger partial charge in [-0.25, -0.2) is 13.5 Å². The van der Waals surface area contributed by atoms with E-state index in [-0.39, 0.29) is 58.3 Å². The van der Waals surface area contributed by atoms with Crippen molar-refractivity contribution in [3.8, 4) is 34.4 Å². The van der Waals surface area contributed by atoms with Gasteiger partial charge < -0.3 is 15.7 Å². The van der Waals surface area contributed by atoms with Crippen LogP contribution in [-0.2, 0) is 6.54 Å². The third-order valence-electron chi connectivity index (χ3n) is 9.54. The first-order valence-electron chi connectivity index (χ1n) is 14.8. The average molecular weight is 594 g/mol. The average Bonchev–Trinajstić information content (AvgIpc) is 3.52. The number of halogens is 2. The lowest BCUT2D eigenvalue weighted by Gasteiger charge is -2.38. The van der Waals surface area contributed by atoms with Gasteiger partial charge in [0.05, 0.1) is 17.7 Å². The Bertz CT molecular complexity index is 1910. The zero-order valence-electron chi connectivity index (χ0n) is 23.8. The molecule has 1 saturated carbocycles. The lowest BCUT2D eigenvalue weighted by Crippen LogP contribution is -2.50. The van der Waals surface area contributed by atoms with Gasteiger partial charge in [0.15, 0.2) is 5.82 Å². The number of nitrogens with two attached hydrogens (primary N) is 1. The van der Waals surface area contributed by atoms with Crippen molar-refractivity contribution in [3.63, 3.8) is 0 Å². The van der Waals surface area contributed by atoms with Gasteiger partial charge in [-0.3, -0.25) is 4.79 Å². The quantitative estimate of drug-likeness (QED) is 0.338. The Hall–Kier alpha value is -4.71. The number of carbonyl (C=O) groups is 1. The second-order valence-electron chi connectivity index (χ2n) is 12.3. The molecule has 1 amide bonds. The van der Waals surface area contributed by atoms with Crippen LogP contribution in [0.2, 0.25) is 0 Å². The molecule has 222 valence electrons. The zero-order valence-corrected chi connectivity index (χ0v) is 23.8. The Kier molecular flexibility index (Phi) is 6.69. The highest BCUT2D eigenvalue weighted by Crippen LogP contribution is 2.41. The first kappa shape index (κ1) is 28.1. The Labute approximate surface area is 252 Å². The van der Waals surface area contributed by atoms with Gasteiger partial charge in [0.2, 0.25) is 0 Å². The molecule has 2 atom stereocenters. The highest BCUT2D eigenvalue weighted by atomic mass is 19.1. The largest absolute Gasteiger partial charge is 0.388 e. The van der Waals surface area contributed by atoms with E-state index >= 15 is 4.39 Å². The molecule has 2 unspecified atom stereocenters.